The third-order valence-corrected chi connectivity index (χ3v) is 4.98. The molecule has 0 unspecified atom stereocenters. The summed E-state index contributed by atoms with van der Waals surface area (Å²) in [5, 5.41) is 0.700. The van der Waals surface area contributed by atoms with E-state index in [4.69, 9.17) is 0 Å². The van der Waals surface area contributed by atoms with Crippen LogP contribution in [0.2, 0.25) is 0 Å². The van der Waals surface area contributed by atoms with Crippen molar-refractivity contribution in [3.05, 3.63) is 61.6 Å². The molecule has 0 bridgehead atoms. The Balaban J connectivity index is 2.13. The molecule has 1 aromatic carbocycles. The Labute approximate surface area is 118 Å². The first-order valence-corrected chi connectivity index (χ1v) is 7.42. The number of fused-ring (bicyclic) bond motifs is 3. The van der Waals surface area contributed by atoms with Crippen LogP contribution in [0.25, 0.3) is 15.9 Å². The number of thiophene rings is 1. The van der Waals surface area contributed by atoms with Gasteiger partial charge in [-0.2, -0.15) is 0 Å². The zero-order chi connectivity index (χ0) is 13.7. The van der Waals surface area contributed by atoms with Gasteiger partial charge in [-0.15, -0.1) is 11.3 Å². The maximum absolute atomic E-state index is 12.7. The molecule has 0 saturated heterocycles. The van der Waals surface area contributed by atoms with E-state index in [-0.39, 0.29) is 11.2 Å². The molecule has 0 radical (unpaired) electrons. The van der Waals surface area contributed by atoms with E-state index in [1.54, 1.807) is 23.5 Å². The lowest BCUT2D eigenvalue weighted by molar-refractivity contribution is 0.894. The molecular weight excluding hydrogens is 272 g/mol. The SMILES string of the molecule is O=c1[nH]c2sc3c(c2c(=O)n1-c1ccccc1)CCC3. The summed E-state index contributed by atoms with van der Waals surface area (Å²) in [7, 11) is 0. The number of H-pyrrole nitrogens is 1. The number of nitrogens with zero attached hydrogens (tertiary/aromatic N) is 1. The molecule has 1 N–H and O–H groups in total. The highest BCUT2D eigenvalue weighted by atomic mass is 32.1. The summed E-state index contributed by atoms with van der Waals surface area (Å²) < 4.78 is 1.23. The zero-order valence-corrected chi connectivity index (χ0v) is 11.5. The molecule has 2 aromatic heterocycles. The van der Waals surface area contributed by atoms with Gasteiger partial charge in [-0.05, 0) is 37.0 Å². The lowest BCUT2D eigenvalue weighted by Gasteiger charge is -2.04. The third kappa shape index (κ3) is 1.53. The third-order valence-electron chi connectivity index (χ3n) is 3.78. The van der Waals surface area contributed by atoms with Gasteiger partial charge in [0.25, 0.3) is 5.56 Å². The molecule has 0 saturated carbocycles. The quantitative estimate of drug-likeness (QED) is 0.745. The first-order chi connectivity index (χ1) is 9.75. The Kier molecular flexibility index (Phi) is 2.44. The van der Waals surface area contributed by atoms with Crippen LogP contribution in [-0.4, -0.2) is 9.55 Å². The standard InChI is InChI=1S/C15H12N2O2S/c18-14-12-10-7-4-8-11(10)20-13(12)16-15(19)17(14)9-5-2-1-3-6-9/h1-3,5-6H,4,7-8H2,(H,16,19). The number of benzene rings is 1. The van der Waals surface area contributed by atoms with E-state index in [1.165, 1.54) is 9.44 Å². The molecule has 100 valence electrons. The van der Waals surface area contributed by atoms with Gasteiger partial charge in [0.1, 0.15) is 4.83 Å². The van der Waals surface area contributed by atoms with Crippen molar-refractivity contribution >= 4 is 21.6 Å². The van der Waals surface area contributed by atoms with Gasteiger partial charge in [-0.1, -0.05) is 18.2 Å². The molecule has 0 fully saturated rings. The summed E-state index contributed by atoms with van der Waals surface area (Å²) in [4.78, 5) is 29.7. The van der Waals surface area contributed by atoms with Crippen molar-refractivity contribution in [2.24, 2.45) is 0 Å². The first kappa shape index (κ1) is 11.7. The highest BCUT2D eigenvalue weighted by molar-refractivity contribution is 7.18. The molecule has 0 amide bonds. The Bertz CT molecular complexity index is 919. The average Bonchev–Trinajstić information content (AvgIpc) is 2.99. The molecule has 20 heavy (non-hydrogen) atoms. The summed E-state index contributed by atoms with van der Waals surface area (Å²) in [6, 6.07) is 9.06. The Morgan fingerprint density at radius 1 is 1.10 bits per heavy atom. The van der Waals surface area contributed by atoms with Crippen LogP contribution >= 0.6 is 11.3 Å². The predicted molar refractivity (Wildman–Crippen MR) is 80.1 cm³/mol. The molecule has 0 spiro atoms. The van der Waals surface area contributed by atoms with E-state index in [0.717, 1.165) is 29.7 Å². The second-order valence-corrected chi connectivity index (χ2v) is 6.07. The summed E-state index contributed by atoms with van der Waals surface area (Å²) in [5.74, 6) is 0. The molecule has 2 heterocycles. The monoisotopic (exact) mass is 284 g/mol. The summed E-state index contributed by atoms with van der Waals surface area (Å²) in [6.07, 6.45) is 3.05. The minimum absolute atomic E-state index is 0.200. The fourth-order valence-electron chi connectivity index (χ4n) is 2.89. The maximum Gasteiger partial charge on any atom is 0.334 e. The Hall–Kier alpha value is -2.14. The van der Waals surface area contributed by atoms with E-state index in [2.05, 4.69) is 4.98 Å². The van der Waals surface area contributed by atoms with Gasteiger partial charge in [-0.25, -0.2) is 9.36 Å². The molecule has 1 aliphatic carbocycles. The number of hydrogen-bond acceptors (Lipinski definition) is 3. The summed E-state index contributed by atoms with van der Waals surface area (Å²) in [5.41, 5.74) is 1.18. The van der Waals surface area contributed by atoms with E-state index in [1.807, 2.05) is 18.2 Å². The van der Waals surface area contributed by atoms with Crippen molar-refractivity contribution in [2.45, 2.75) is 19.3 Å². The van der Waals surface area contributed by atoms with Gasteiger partial charge in [-0.3, -0.25) is 9.78 Å². The van der Waals surface area contributed by atoms with Crippen LogP contribution in [0.15, 0.2) is 39.9 Å². The van der Waals surface area contributed by atoms with Crippen LogP contribution in [0.3, 0.4) is 0 Å². The minimum Gasteiger partial charge on any atom is -0.298 e. The van der Waals surface area contributed by atoms with Crippen LogP contribution in [-0.2, 0) is 12.8 Å². The van der Waals surface area contributed by atoms with Gasteiger partial charge >= 0.3 is 5.69 Å². The zero-order valence-electron chi connectivity index (χ0n) is 10.7. The average molecular weight is 284 g/mol. The molecule has 4 nitrogen and oxygen atoms in total. The van der Waals surface area contributed by atoms with Crippen LogP contribution in [0.5, 0.6) is 0 Å². The van der Waals surface area contributed by atoms with Gasteiger partial charge < -0.3 is 0 Å². The van der Waals surface area contributed by atoms with Crippen LogP contribution in [0, 0.1) is 0 Å². The Morgan fingerprint density at radius 2 is 1.90 bits per heavy atom. The largest absolute Gasteiger partial charge is 0.334 e. The second-order valence-electron chi connectivity index (χ2n) is 4.97. The van der Waals surface area contributed by atoms with Gasteiger partial charge in [0.15, 0.2) is 0 Å². The number of aryl methyl sites for hydroxylation is 2. The molecule has 4 rings (SSSR count). The normalized spacial score (nSPS) is 13.8. The summed E-state index contributed by atoms with van der Waals surface area (Å²) in [6.45, 7) is 0. The van der Waals surface area contributed by atoms with E-state index in [9.17, 15) is 9.59 Å². The number of aromatic nitrogens is 2. The van der Waals surface area contributed by atoms with Gasteiger partial charge in [0, 0.05) is 4.88 Å². The number of rotatable bonds is 1. The highest BCUT2D eigenvalue weighted by Gasteiger charge is 2.22. The smallest absolute Gasteiger partial charge is 0.298 e. The summed E-state index contributed by atoms with van der Waals surface area (Å²) >= 11 is 1.55. The van der Waals surface area contributed by atoms with Crippen LogP contribution < -0.4 is 11.2 Å². The maximum atomic E-state index is 12.7. The minimum atomic E-state index is -0.367. The van der Waals surface area contributed by atoms with E-state index in [0.29, 0.717) is 11.1 Å². The number of nitrogens with one attached hydrogen (secondary N) is 1. The van der Waals surface area contributed by atoms with E-state index < -0.39 is 0 Å². The fraction of sp³-hybridized carbons (Fsp3) is 0.200. The highest BCUT2D eigenvalue weighted by Crippen LogP contribution is 2.34. The predicted octanol–water partition coefficient (Wildman–Crippen LogP) is 2.23. The molecule has 1 aliphatic rings. The van der Waals surface area contributed by atoms with Crippen molar-refractivity contribution in [1.82, 2.24) is 9.55 Å². The Morgan fingerprint density at radius 3 is 2.70 bits per heavy atom. The molecular formula is C15H12N2O2S. The molecule has 3 aromatic rings. The second kappa shape index (κ2) is 4.18. The van der Waals surface area contributed by atoms with Gasteiger partial charge in [0.2, 0.25) is 0 Å². The topological polar surface area (TPSA) is 54.9 Å². The van der Waals surface area contributed by atoms with Crippen LogP contribution in [0.4, 0.5) is 0 Å². The number of para-hydroxylation sites is 1. The van der Waals surface area contributed by atoms with Crippen molar-refractivity contribution in [2.75, 3.05) is 0 Å². The lowest BCUT2D eigenvalue weighted by Crippen LogP contribution is -2.33. The number of aromatic amines is 1. The lowest BCUT2D eigenvalue weighted by atomic mass is 10.2. The van der Waals surface area contributed by atoms with Crippen molar-refractivity contribution < 1.29 is 0 Å². The molecule has 0 aliphatic heterocycles. The molecule has 0 atom stereocenters. The van der Waals surface area contributed by atoms with Crippen molar-refractivity contribution in [1.29, 1.82) is 0 Å². The van der Waals surface area contributed by atoms with Crippen molar-refractivity contribution in [3.8, 4) is 5.69 Å². The van der Waals surface area contributed by atoms with Gasteiger partial charge in [0.05, 0.1) is 11.1 Å². The molecule has 5 heteroatoms. The first-order valence-electron chi connectivity index (χ1n) is 6.61. The van der Waals surface area contributed by atoms with Crippen LogP contribution in [0.1, 0.15) is 16.9 Å². The number of hydrogen-bond donors (Lipinski definition) is 1. The van der Waals surface area contributed by atoms with E-state index >= 15 is 0 Å². The fourth-order valence-corrected chi connectivity index (χ4v) is 4.16. The van der Waals surface area contributed by atoms with Crippen molar-refractivity contribution in [3.63, 3.8) is 0 Å².